The summed E-state index contributed by atoms with van der Waals surface area (Å²) < 4.78 is 6.97. The number of ether oxygens (including phenoxy) is 1. The number of carbonyl (C=O) groups excluding carboxylic acids is 2. The van der Waals surface area contributed by atoms with Crippen LogP contribution in [0.25, 0.3) is 5.52 Å². The quantitative estimate of drug-likeness (QED) is 0.760. The van der Waals surface area contributed by atoms with Gasteiger partial charge >= 0.3 is 0 Å². The summed E-state index contributed by atoms with van der Waals surface area (Å²) in [5, 5.41) is 2.88. The zero-order valence-corrected chi connectivity index (χ0v) is 15.9. The number of morpholine rings is 1. The minimum atomic E-state index is -0.356. The zero-order chi connectivity index (χ0) is 19.7. The number of nitrogens with zero attached hydrogens (tertiary/aromatic N) is 3. The fraction of sp³-hybridized carbons (Fsp3) is 0.286. The zero-order valence-electron chi connectivity index (χ0n) is 15.9. The van der Waals surface area contributed by atoms with Gasteiger partial charge in [0.05, 0.1) is 18.7 Å². The van der Waals surface area contributed by atoms with Gasteiger partial charge in [0, 0.05) is 25.0 Å². The number of amides is 2. The molecule has 1 aliphatic rings. The van der Waals surface area contributed by atoms with E-state index in [1.165, 1.54) is 0 Å². The molecular weight excluding hydrogens is 356 g/mol. The third kappa shape index (κ3) is 3.36. The van der Waals surface area contributed by atoms with Crippen molar-refractivity contribution in [3.05, 3.63) is 65.2 Å². The molecule has 0 aliphatic carbocycles. The lowest BCUT2D eigenvalue weighted by Gasteiger charge is -2.26. The number of pyridine rings is 1. The summed E-state index contributed by atoms with van der Waals surface area (Å²) in [4.78, 5) is 32.0. The molecule has 28 heavy (non-hydrogen) atoms. The molecule has 1 saturated heterocycles. The van der Waals surface area contributed by atoms with Gasteiger partial charge in [-0.3, -0.25) is 14.0 Å². The molecule has 1 fully saturated rings. The van der Waals surface area contributed by atoms with Crippen LogP contribution in [0.3, 0.4) is 0 Å². The van der Waals surface area contributed by atoms with E-state index in [1.54, 1.807) is 21.6 Å². The summed E-state index contributed by atoms with van der Waals surface area (Å²) >= 11 is 0. The average molecular weight is 378 g/mol. The molecule has 2 aromatic heterocycles. The summed E-state index contributed by atoms with van der Waals surface area (Å²) in [6.45, 7) is 6.08. The van der Waals surface area contributed by atoms with E-state index in [0.717, 1.165) is 11.1 Å². The van der Waals surface area contributed by atoms with Gasteiger partial charge in [0.2, 0.25) is 5.82 Å². The van der Waals surface area contributed by atoms with Crippen LogP contribution >= 0.6 is 0 Å². The normalized spacial score (nSPS) is 14.3. The molecule has 1 aromatic carbocycles. The first kappa shape index (κ1) is 18.2. The van der Waals surface area contributed by atoms with Gasteiger partial charge < -0.3 is 15.0 Å². The van der Waals surface area contributed by atoms with Gasteiger partial charge in [0.1, 0.15) is 0 Å². The van der Waals surface area contributed by atoms with Crippen molar-refractivity contribution in [3.8, 4) is 0 Å². The summed E-state index contributed by atoms with van der Waals surface area (Å²) in [7, 11) is 0. The topological polar surface area (TPSA) is 75.9 Å². The molecule has 0 spiro atoms. The lowest BCUT2D eigenvalue weighted by molar-refractivity contribution is 0.0300. The van der Waals surface area contributed by atoms with Crippen LogP contribution < -0.4 is 5.32 Å². The third-order valence-electron chi connectivity index (χ3n) is 5.02. The Labute approximate surface area is 162 Å². The van der Waals surface area contributed by atoms with Gasteiger partial charge in [-0.1, -0.05) is 12.1 Å². The van der Waals surface area contributed by atoms with E-state index < -0.39 is 0 Å². The van der Waals surface area contributed by atoms with Crippen LogP contribution in [0.2, 0.25) is 0 Å². The van der Waals surface area contributed by atoms with Crippen LogP contribution in [0.15, 0.2) is 42.6 Å². The minimum Gasteiger partial charge on any atom is -0.378 e. The third-order valence-corrected chi connectivity index (χ3v) is 5.02. The lowest BCUT2D eigenvalue weighted by Crippen LogP contribution is -2.40. The van der Waals surface area contributed by atoms with E-state index in [2.05, 4.69) is 10.3 Å². The smallest absolute Gasteiger partial charge is 0.292 e. The van der Waals surface area contributed by atoms with Crippen LogP contribution in [0.1, 0.15) is 32.2 Å². The molecule has 2 amide bonds. The molecule has 0 radical (unpaired) electrons. The Morgan fingerprint density at radius 1 is 1.07 bits per heavy atom. The predicted octanol–water partition coefficient (Wildman–Crippen LogP) is 2.68. The van der Waals surface area contributed by atoms with Crippen molar-refractivity contribution in [2.75, 3.05) is 31.6 Å². The number of anilines is 1. The highest BCUT2D eigenvalue weighted by molar-refractivity contribution is 6.06. The first-order valence-corrected chi connectivity index (χ1v) is 9.27. The van der Waals surface area contributed by atoms with Crippen molar-refractivity contribution < 1.29 is 14.3 Å². The first-order chi connectivity index (χ1) is 13.5. The monoisotopic (exact) mass is 378 g/mol. The van der Waals surface area contributed by atoms with Gasteiger partial charge in [-0.2, -0.15) is 0 Å². The molecule has 7 nitrogen and oxygen atoms in total. The molecule has 0 atom stereocenters. The van der Waals surface area contributed by atoms with E-state index in [-0.39, 0.29) is 23.3 Å². The number of aryl methyl sites for hydroxylation is 2. The van der Waals surface area contributed by atoms with Crippen molar-refractivity contribution in [1.82, 2.24) is 14.3 Å². The number of hydrogen-bond acceptors (Lipinski definition) is 4. The standard InChI is InChI=1S/C21H22N4O3/c1-14-6-7-16(13-15(14)2)22-20(26)19-23-18(17-5-3-4-8-25(17)19)21(27)24-9-11-28-12-10-24/h3-8,13H,9-12H2,1-2H3,(H,22,26). The molecule has 1 aliphatic heterocycles. The van der Waals surface area contributed by atoms with Gasteiger partial charge in [-0.25, -0.2) is 4.98 Å². The van der Waals surface area contributed by atoms with E-state index in [9.17, 15) is 9.59 Å². The average Bonchev–Trinajstić information content (AvgIpc) is 3.11. The maximum atomic E-state index is 13.0. The molecule has 1 N–H and O–H groups in total. The minimum absolute atomic E-state index is 0.183. The van der Waals surface area contributed by atoms with Crippen LogP contribution in [0.4, 0.5) is 5.69 Å². The van der Waals surface area contributed by atoms with E-state index >= 15 is 0 Å². The highest BCUT2D eigenvalue weighted by Gasteiger charge is 2.26. The molecule has 3 aromatic rings. The Balaban J connectivity index is 1.68. The second-order valence-corrected chi connectivity index (χ2v) is 6.90. The van der Waals surface area contributed by atoms with Gasteiger partial charge in [0.25, 0.3) is 11.8 Å². The number of imidazole rings is 1. The molecule has 3 heterocycles. The fourth-order valence-electron chi connectivity index (χ4n) is 3.28. The Morgan fingerprint density at radius 2 is 1.86 bits per heavy atom. The Hall–Kier alpha value is -3.19. The molecule has 0 unspecified atom stereocenters. The second-order valence-electron chi connectivity index (χ2n) is 6.90. The van der Waals surface area contributed by atoms with Crippen LogP contribution in [-0.4, -0.2) is 52.4 Å². The Morgan fingerprint density at radius 3 is 2.61 bits per heavy atom. The molecule has 144 valence electrons. The summed E-state index contributed by atoms with van der Waals surface area (Å²) in [6, 6.07) is 11.2. The number of aromatic nitrogens is 2. The number of rotatable bonds is 3. The number of benzene rings is 1. The van der Waals surface area contributed by atoms with E-state index in [4.69, 9.17) is 4.74 Å². The lowest BCUT2D eigenvalue weighted by atomic mass is 10.1. The largest absolute Gasteiger partial charge is 0.378 e. The SMILES string of the molecule is Cc1ccc(NC(=O)c2nc(C(=O)N3CCOCC3)c3ccccn23)cc1C. The van der Waals surface area contributed by atoms with Gasteiger partial charge in [0.15, 0.2) is 5.69 Å². The van der Waals surface area contributed by atoms with E-state index in [1.807, 2.05) is 44.2 Å². The van der Waals surface area contributed by atoms with Crippen molar-refractivity contribution in [2.24, 2.45) is 0 Å². The maximum Gasteiger partial charge on any atom is 0.292 e. The molecule has 7 heteroatoms. The van der Waals surface area contributed by atoms with Crippen molar-refractivity contribution in [2.45, 2.75) is 13.8 Å². The van der Waals surface area contributed by atoms with Crippen LogP contribution in [0.5, 0.6) is 0 Å². The number of nitrogens with one attached hydrogen (secondary N) is 1. The Bertz CT molecular complexity index is 1050. The molecular formula is C21H22N4O3. The highest BCUT2D eigenvalue weighted by Crippen LogP contribution is 2.19. The molecule has 4 rings (SSSR count). The van der Waals surface area contributed by atoms with Crippen LogP contribution in [-0.2, 0) is 4.74 Å². The second kappa shape index (κ2) is 7.44. The van der Waals surface area contributed by atoms with Crippen LogP contribution in [0, 0.1) is 13.8 Å². The number of hydrogen-bond donors (Lipinski definition) is 1. The van der Waals surface area contributed by atoms with Gasteiger partial charge in [-0.05, 0) is 49.2 Å². The maximum absolute atomic E-state index is 13.0. The van der Waals surface area contributed by atoms with Crippen molar-refractivity contribution >= 4 is 23.0 Å². The number of carbonyl (C=O) groups is 2. The fourth-order valence-corrected chi connectivity index (χ4v) is 3.28. The van der Waals surface area contributed by atoms with Gasteiger partial charge in [-0.15, -0.1) is 0 Å². The predicted molar refractivity (Wildman–Crippen MR) is 106 cm³/mol. The Kier molecular flexibility index (Phi) is 4.83. The summed E-state index contributed by atoms with van der Waals surface area (Å²) in [5.41, 5.74) is 3.84. The highest BCUT2D eigenvalue weighted by atomic mass is 16.5. The summed E-state index contributed by atoms with van der Waals surface area (Å²) in [6.07, 6.45) is 1.74. The van der Waals surface area contributed by atoms with E-state index in [0.29, 0.717) is 37.5 Å². The van der Waals surface area contributed by atoms with Crippen molar-refractivity contribution in [1.29, 1.82) is 0 Å². The molecule has 0 saturated carbocycles. The first-order valence-electron chi connectivity index (χ1n) is 9.27. The number of fused-ring (bicyclic) bond motifs is 1. The summed E-state index contributed by atoms with van der Waals surface area (Å²) in [5.74, 6) is -0.354. The molecule has 0 bridgehead atoms. The van der Waals surface area contributed by atoms with Crippen molar-refractivity contribution in [3.63, 3.8) is 0 Å².